The standard InChI is InChI=1S/C25H26O8/c1-3-23(26)31-17-5-15-29-20-9-7-19(8-10-20)25(28)33-22-13-11-21(12-14-22)30-16-6-18-32-24(27)4-2/h3-4,7-14H,1-2,5-6,15-18H2. The van der Waals surface area contributed by atoms with E-state index in [1.54, 1.807) is 48.5 Å². The molecule has 0 bridgehead atoms. The lowest BCUT2D eigenvalue weighted by Gasteiger charge is -2.09. The quantitative estimate of drug-likeness (QED) is 0.183. The summed E-state index contributed by atoms with van der Waals surface area (Å²) < 4.78 is 26.2. The SMILES string of the molecule is C=CC(=O)OCCCOc1ccc(OC(=O)c2ccc(OCCCOC(=O)C=C)cc2)cc1. The van der Waals surface area contributed by atoms with E-state index < -0.39 is 17.9 Å². The van der Waals surface area contributed by atoms with Crippen molar-refractivity contribution in [1.29, 1.82) is 0 Å². The maximum absolute atomic E-state index is 12.3. The lowest BCUT2D eigenvalue weighted by molar-refractivity contribution is -0.138. The van der Waals surface area contributed by atoms with Crippen molar-refractivity contribution < 1.29 is 38.1 Å². The molecule has 2 rings (SSSR count). The molecule has 0 radical (unpaired) electrons. The van der Waals surface area contributed by atoms with E-state index in [1.807, 2.05) is 0 Å². The van der Waals surface area contributed by atoms with E-state index in [-0.39, 0.29) is 13.2 Å². The second-order valence-corrected chi connectivity index (χ2v) is 6.53. The molecule has 0 aliphatic heterocycles. The highest BCUT2D eigenvalue weighted by atomic mass is 16.5. The van der Waals surface area contributed by atoms with Crippen LogP contribution in [0.2, 0.25) is 0 Å². The van der Waals surface area contributed by atoms with E-state index in [1.165, 1.54) is 0 Å². The molecule has 8 heteroatoms. The van der Waals surface area contributed by atoms with Crippen molar-refractivity contribution in [3.63, 3.8) is 0 Å². The second-order valence-electron chi connectivity index (χ2n) is 6.53. The Hall–Kier alpha value is -4.07. The molecule has 0 aliphatic carbocycles. The van der Waals surface area contributed by atoms with Gasteiger partial charge in [0.2, 0.25) is 0 Å². The molecule has 0 aliphatic rings. The van der Waals surface area contributed by atoms with Crippen LogP contribution in [0.3, 0.4) is 0 Å². The highest BCUT2D eigenvalue weighted by Gasteiger charge is 2.09. The van der Waals surface area contributed by atoms with Gasteiger partial charge in [0, 0.05) is 25.0 Å². The smallest absolute Gasteiger partial charge is 0.343 e. The average Bonchev–Trinajstić information content (AvgIpc) is 2.84. The zero-order valence-electron chi connectivity index (χ0n) is 18.2. The Morgan fingerprint density at radius 1 is 0.636 bits per heavy atom. The molecule has 2 aromatic rings. The van der Waals surface area contributed by atoms with E-state index in [9.17, 15) is 14.4 Å². The topological polar surface area (TPSA) is 97.4 Å². The highest BCUT2D eigenvalue weighted by molar-refractivity contribution is 5.91. The van der Waals surface area contributed by atoms with Crippen LogP contribution in [0, 0.1) is 0 Å². The molecule has 0 spiro atoms. The summed E-state index contributed by atoms with van der Waals surface area (Å²) in [4.78, 5) is 34.2. The number of benzene rings is 2. The van der Waals surface area contributed by atoms with Gasteiger partial charge in [-0.05, 0) is 48.5 Å². The molecule has 33 heavy (non-hydrogen) atoms. The number of hydrogen-bond donors (Lipinski definition) is 0. The van der Waals surface area contributed by atoms with Crippen LogP contribution < -0.4 is 14.2 Å². The van der Waals surface area contributed by atoms with Crippen LogP contribution in [0.5, 0.6) is 17.2 Å². The molecule has 0 heterocycles. The van der Waals surface area contributed by atoms with E-state index in [4.69, 9.17) is 23.7 Å². The van der Waals surface area contributed by atoms with Crippen LogP contribution in [-0.4, -0.2) is 44.3 Å². The fourth-order valence-electron chi connectivity index (χ4n) is 2.42. The number of hydrogen-bond acceptors (Lipinski definition) is 8. The largest absolute Gasteiger partial charge is 0.493 e. The van der Waals surface area contributed by atoms with Gasteiger partial charge in [0.15, 0.2) is 0 Å². The predicted octanol–water partition coefficient (Wildman–Crippen LogP) is 3.90. The molecule has 174 valence electrons. The fourth-order valence-corrected chi connectivity index (χ4v) is 2.42. The van der Waals surface area contributed by atoms with E-state index in [0.29, 0.717) is 48.9 Å². The van der Waals surface area contributed by atoms with Gasteiger partial charge >= 0.3 is 17.9 Å². The third-order valence-electron chi connectivity index (χ3n) is 4.06. The highest BCUT2D eigenvalue weighted by Crippen LogP contribution is 2.20. The van der Waals surface area contributed by atoms with Crippen molar-refractivity contribution in [3.8, 4) is 17.2 Å². The van der Waals surface area contributed by atoms with Gasteiger partial charge in [0.25, 0.3) is 0 Å². The maximum atomic E-state index is 12.3. The van der Waals surface area contributed by atoms with Crippen LogP contribution in [0.1, 0.15) is 23.2 Å². The molecular weight excluding hydrogens is 428 g/mol. The summed E-state index contributed by atoms with van der Waals surface area (Å²) in [7, 11) is 0. The Morgan fingerprint density at radius 2 is 1.06 bits per heavy atom. The summed E-state index contributed by atoms with van der Waals surface area (Å²) in [6.45, 7) is 7.86. The van der Waals surface area contributed by atoms with Crippen LogP contribution >= 0.6 is 0 Å². The van der Waals surface area contributed by atoms with Crippen molar-refractivity contribution in [2.45, 2.75) is 12.8 Å². The first-order chi connectivity index (χ1) is 16.0. The summed E-state index contributed by atoms with van der Waals surface area (Å²) in [6, 6.07) is 13.1. The van der Waals surface area contributed by atoms with Crippen molar-refractivity contribution in [1.82, 2.24) is 0 Å². The number of rotatable bonds is 14. The van der Waals surface area contributed by atoms with Crippen LogP contribution in [0.15, 0.2) is 73.8 Å². The molecule has 2 aromatic carbocycles. The summed E-state index contributed by atoms with van der Waals surface area (Å²) in [5.41, 5.74) is 0.372. The number of carbonyl (C=O) groups is 3. The molecule has 0 saturated heterocycles. The minimum Gasteiger partial charge on any atom is -0.493 e. The zero-order valence-corrected chi connectivity index (χ0v) is 18.2. The number of esters is 3. The van der Waals surface area contributed by atoms with Crippen molar-refractivity contribution in [2.75, 3.05) is 26.4 Å². The second kappa shape index (κ2) is 14.1. The molecule has 0 unspecified atom stereocenters. The predicted molar refractivity (Wildman–Crippen MR) is 120 cm³/mol. The molecule has 0 amide bonds. The molecule has 8 nitrogen and oxygen atoms in total. The van der Waals surface area contributed by atoms with Gasteiger partial charge in [0.1, 0.15) is 17.2 Å². The van der Waals surface area contributed by atoms with Gasteiger partial charge in [-0.15, -0.1) is 0 Å². The number of carbonyl (C=O) groups excluding carboxylic acids is 3. The molecule has 0 N–H and O–H groups in total. The lowest BCUT2D eigenvalue weighted by Crippen LogP contribution is -2.09. The monoisotopic (exact) mass is 454 g/mol. The Kier molecular flexibility index (Phi) is 10.7. The van der Waals surface area contributed by atoms with Gasteiger partial charge in [-0.1, -0.05) is 13.2 Å². The van der Waals surface area contributed by atoms with Gasteiger partial charge < -0.3 is 23.7 Å². The maximum Gasteiger partial charge on any atom is 0.343 e. The van der Waals surface area contributed by atoms with Gasteiger partial charge in [-0.3, -0.25) is 0 Å². The molecule has 0 aromatic heterocycles. The van der Waals surface area contributed by atoms with Gasteiger partial charge in [0.05, 0.1) is 32.0 Å². The Balaban J connectivity index is 1.71. The summed E-state index contributed by atoms with van der Waals surface area (Å²) in [5.74, 6) is 0.126. The van der Waals surface area contributed by atoms with Crippen LogP contribution in [-0.2, 0) is 19.1 Å². The zero-order chi connectivity index (χ0) is 23.9. The summed E-state index contributed by atoms with van der Waals surface area (Å²) in [6.07, 6.45) is 3.29. The van der Waals surface area contributed by atoms with Gasteiger partial charge in [-0.2, -0.15) is 0 Å². The third-order valence-corrected chi connectivity index (χ3v) is 4.06. The Labute approximate surface area is 192 Å². The van der Waals surface area contributed by atoms with E-state index in [2.05, 4.69) is 13.2 Å². The Bertz CT molecular complexity index is 932. The van der Waals surface area contributed by atoms with Crippen molar-refractivity contribution >= 4 is 17.9 Å². The Morgan fingerprint density at radius 3 is 1.52 bits per heavy atom. The first-order valence-electron chi connectivity index (χ1n) is 10.3. The summed E-state index contributed by atoms with van der Waals surface area (Å²) >= 11 is 0. The van der Waals surface area contributed by atoms with Crippen molar-refractivity contribution in [2.24, 2.45) is 0 Å². The number of ether oxygens (including phenoxy) is 5. The minimum absolute atomic E-state index is 0.240. The lowest BCUT2D eigenvalue weighted by atomic mass is 10.2. The van der Waals surface area contributed by atoms with Crippen LogP contribution in [0.25, 0.3) is 0 Å². The minimum atomic E-state index is -0.504. The van der Waals surface area contributed by atoms with E-state index in [0.717, 1.165) is 12.2 Å². The first kappa shape index (κ1) is 25.2. The average molecular weight is 454 g/mol. The normalized spacial score (nSPS) is 9.94. The summed E-state index contributed by atoms with van der Waals surface area (Å²) in [5, 5.41) is 0. The van der Waals surface area contributed by atoms with Crippen molar-refractivity contribution in [3.05, 3.63) is 79.4 Å². The molecular formula is C25H26O8. The first-order valence-corrected chi connectivity index (χ1v) is 10.3. The van der Waals surface area contributed by atoms with E-state index >= 15 is 0 Å². The van der Waals surface area contributed by atoms with Crippen LogP contribution in [0.4, 0.5) is 0 Å². The molecule has 0 saturated carbocycles. The molecule has 0 atom stereocenters. The fraction of sp³-hybridized carbons (Fsp3) is 0.240. The third kappa shape index (κ3) is 9.73. The molecule has 0 fully saturated rings. The van der Waals surface area contributed by atoms with Gasteiger partial charge in [-0.25, -0.2) is 14.4 Å².